The molecule has 0 heterocycles. The zero-order chi connectivity index (χ0) is 14.5. The molecule has 0 bridgehead atoms. The average Bonchev–Trinajstić information content (AvgIpc) is 2.35. The van der Waals surface area contributed by atoms with Crippen molar-refractivity contribution in [1.29, 1.82) is 0 Å². The van der Waals surface area contributed by atoms with Crippen LogP contribution in [0.1, 0.15) is 32.1 Å². The minimum absolute atomic E-state index is 0.308. The van der Waals surface area contributed by atoms with Gasteiger partial charge in [-0.3, -0.25) is 9.34 Å². The molecule has 0 amide bonds. The highest BCUT2D eigenvalue weighted by Crippen LogP contribution is 2.08. The van der Waals surface area contributed by atoms with E-state index < -0.39 is 0 Å². The van der Waals surface area contributed by atoms with Crippen LogP contribution in [-0.2, 0) is 0 Å². The number of nitrogens with zero attached hydrogens (tertiary/aromatic N) is 2. The van der Waals surface area contributed by atoms with Crippen molar-refractivity contribution >= 4 is 18.8 Å². The standard InChI is InChI=1S/C12H32N4OP2/c13-6-1-2-8-15(18)9-3-4-10-16(19)11-12(17)5-7-14/h12,17H,1-11,13-14,18-19H2/t12-/m0/s1. The van der Waals surface area contributed by atoms with Crippen LogP contribution in [0.5, 0.6) is 0 Å². The van der Waals surface area contributed by atoms with E-state index in [2.05, 4.69) is 28.1 Å². The fraction of sp³-hybridized carbons (Fsp3) is 1.00. The van der Waals surface area contributed by atoms with Crippen LogP contribution in [0.15, 0.2) is 0 Å². The molecular formula is C12H32N4OP2. The molecule has 0 saturated heterocycles. The molecule has 0 aromatic rings. The van der Waals surface area contributed by atoms with Crippen LogP contribution in [0.3, 0.4) is 0 Å². The van der Waals surface area contributed by atoms with Crippen LogP contribution in [0, 0.1) is 0 Å². The summed E-state index contributed by atoms with van der Waals surface area (Å²) in [4.78, 5) is 0. The summed E-state index contributed by atoms with van der Waals surface area (Å²) in [6.45, 7) is 5.20. The lowest BCUT2D eigenvalue weighted by Gasteiger charge is -2.21. The Morgan fingerprint density at radius 3 is 1.89 bits per heavy atom. The highest BCUT2D eigenvalue weighted by molar-refractivity contribution is 7.13. The van der Waals surface area contributed by atoms with Crippen molar-refractivity contribution in [2.45, 2.75) is 38.2 Å². The van der Waals surface area contributed by atoms with Crippen molar-refractivity contribution in [3.05, 3.63) is 0 Å². The molecule has 0 radical (unpaired) electrons. The number of nitrogens with two attached hydrogens (primary N) is 2. The molecule has 0 aliphatic heterocycles. The first kappa shape index (κ1) is 19.7. The predicted molar refractivity (Wildman–Crippen MR) is 89.8 cm³/mol. The van der Waals surface area contributed by atoms with Crippen LogP contribution in [0.25, 0.3) is 0 Å². The van der Waals surface area contributed by atoms with Gasteiger partial charge in [-0.25, -0.2) is 0 Å². The van der Waals surface area contributed by atoms with Gasteiger partial charge in [0.25, 0.3) is 0 Å². The molecule has 2 unspecified atom stereocenters. The number of hydrogen-bond donors (Lipinski definition) is 3. The molecule has 0 fully saturated rings. The maximum atomic E-state index is 9.63. The maximum absolute atomic E-state index is 9.63. The van der Waals surface area contributed by atoms with E-state index in [-0.39, 0.29) is 6.10 Å². The highest BCUT2D eigenvalue weighted by Gasteiger charge is 2.07. The molecular weight excluding hydrogens is 278 g/mol. The molecule has 5 N–H and O–H groups in total. The van der Waals surface area contributed by atoms with Gasteiger partial charge in [-0.2, -0.15) is 0 Å². The van der Waals surface area contributed by atoms with Crippen molar-refractivity contribution in [3.8, 4) is 0 Å². The second-order valence-electron chi connectivity index (χ2n) is 4.96. The lowest BCUT2D eigenvalue weighted by Crippen LogP contribution is -2.28. The third-order valence-corrected chi connectivity index (χ3v) is 3.97. The van der Waals surface area contributed by atoms with E-state index in [0.29, 0.717) is 19.5 Å². The maximum Gasteiger partial charge on any atom is 0.0682 e. The first-order valence-corrected chi connectivity index (χ1v) is 8.21. The van der Waals surface area contributed by atoms with Crippen molar-refractivity contribution in [3.63, 3.8) is 0 Å². The minimum atomic E-state index is -0.308. The lowest BCUT2D eigenvalue weighted by molar-refractivity contribution is 0.142. The lowest BCUT2D eigenvalue weighted by atomic mass is 10.2. The highest BCUT2D eigenvalue weighted by atomic mass is 31.0. The Morgan fingerprint density at radius 1 is 0.842 bits per heavy atom. The molecule has 7 heteroatoms. The molecule has 0 rings (SSSR count). The zero-order valence-electron chi connectivity index (χ0n) is 12.0. The average molecular weight is 310 g/mol. The first-order valence-electron chi connectivity index (χ1n) is 7.17. The van der Waals surface area contributed by atoms with Crippen molar-refractivity contribution < 1.29 is 5.11 Å². The molecule has 5 nitrogen and oxygen atoms in total. The second kappa shape index (κ2) is 13.6. The van der Waals surface area contributed by atoms with E-state index in [0.717, 1.165) is 39.0 Å². The fourth-order valence-corrected chi connectivity index (χ4v) is 2.64. The molecule has 0 aliphatic carbocycles. The van der Waals surface area contributed by atoms with Gasteiger partial charge in [0.15, 0.2) is 0 Å². The topological polar surface area (TPSA) is 78.8 Å². The largest absolute Gasteiger partial charge is 0.392 e. The van der Waals surface area contributed by atoms with Gasteiger partial charge < -0.3 is 16.6 Å². The zero-order valence-corrected chi connectivity index (χ0v) is 14.3. The first-order chi connectivity index (χ1) is 9.10. The van der Waals surface area contributed by atoms with Crippen LogP contribution in [0.4, 0.5) is 0 Å². The number of hydrogen-bond acceptors (Lipinski definition) is 5. The second-order valence-corrected chi connectivity index (χ2v) is 6.43. The van der Waals surface area contributed by atoms with Gasteiger partial charge in [0, 0.05) is 26.2 Å². The molecule has 0 saturated carbocycles. The predicted octanol–water partition coefficient (Wildman–Crippen LogP) is 0.399. The van der Waals surface area contributed by atoms with Crippen molar-refractivity contribution in [1.82, 2.24) is 9.34 Å². The number of aliphatic hydroxyl groups excluding tert-OH is 1. The quantitative estimate of drug-likeness (QED) is 0.339. The van der Waals surface area contributed by atoms with E-state index in [4.69, 9.17) is 11.5 Å². The van der Waals surface area contributed by atoms with Gasteiger partial charge in [0.1, 0.15) is 0 Å². The number of aliphatic hydroxyl groups is 1. The summed E-state index contributed by atoms with van der Waals surface area (Å²) < 4.78 is 4.38. The fourth-order valence-electron chi connectivity index (χ4n) is 1.85. The van der Waals surface area contributed by atoms with E-state index in [9.17, 15) is 5.11 Å². The molecule has 19 heavy (non-hydrogen) atoms. The van der Waals surface area contributed by atoms with E-state index in [1.54, 1.807) is 0 Å². The summed E-state index contributed by atoms with van der Waals surface area (Å²) in [6, 6.07) is 0. The number of rotatable bonds is 13. The van der Waals surface area contributed by atoms with E-state index in [1.807, 2.05) is 0 Å². The van der Waals surface area contributed by atoms with Crippen LogP contribution >= 0.6 is 18.8 Å². The van der Waals surface area contributed by atoms with Gasteiger partial charge >= 0.3 is 0 Å². The Kier molecular flexibility index (Phi) is 14.1. The molecule has 116 valence electrons. The normalized spacial score (nSPS) is 13.4. The Hall–Kier alpha value is 0.660. The Bertz CT molecular complexity index is 201. The van der Waals surface area contributed by atoms with Crippen LogP contribution < -0.4 is 11.5 Å². The Balaban J connectivity index is 3.41. The van der Waals surface area contributed by atoms with Crippen molar-refractivity contribution in [2.24, 2.45) is 11.5 Å². The van der Waals surface area contributed by atoms with E-state index >= 15 is 0 Å². The Labute approximate surface area is 123 Å². The SMILES string of the molecule is NCCCCN(P)CCCCN(P)C[C@@H](O)CCN. The summed E-state index contributed by atoms with van der Waals surface area (Å²) in [7, 11) is 5.47. The third-order valence-electron chi connectivity index (χ3n) is 2.99. The summed E-state index contributed by atoms with van der Waals surface area (Å²) in [5.74, 6) is 0. The van der Waals surface area contributed by atoms with Crippen LogP contribution in [0.2, 0.25) is 0 Å². The molecule has 0 aliphatic rings. The van der Waals surface area contributed by atoms with Crippen LogP contribution in [-0.4, -0.2) is 59.8 Å². The smallest absolute Gasteiger partial charge is 0.0682 e. The molecule has 0 aromatic heterocycles. The summed E-state index contributed by atoms with van der Waals surface area (Å²) in [5.41, 5.74) is 10.9. The van der Waals surface area contributed by atoms with E-state index in [1.165, 1.54) is 12.8 Å². The van der Waals surface area contributed by atoms with Gasteiger partial charge in [-0.05, 0) is 45.2 Å². The summed E-state index contributed by atoms with van der Waals surface area (Å²) in [5, 5.41) is 9.63. The summed E-state index contributed by atoms with van der Waals surface area (Å²) >= 11 is 0. The monoisotopic (exact) mass is 310 g/mol. The van der Waals surface area contributed by atoms with Gasteiger partial charge in [-0.1, -0.05) is 18.8 Å². The van der Waals surface area contributed by atoms with Crippen molar-refractivity contribution in [2.75, 3.05) is 39.3 Å². The van der Waals surface area contributed by atoms with Gasteiger partial charge in [-0.15, -0.1) is 0 Å². The molecule has 3 atom stereocenters. The Morgan fingerprint density at radius 2 is 1.37 bits per heavy atom. The van der Waals surface area contributed by atoms with Gasteiger partial charge in [0.05, 0.1) is 6.10 Å². The molecule has 0 aromatic carbocycles. The molecule has 0 spiro atoms. The van der Waals surface area contributed by atoms with Gasteiger partial charge in [0.2, 0.25) is 0 Å². The third kappa shape index (κ3) is 13.4. The minimum Gasteiger partial charge on any atom is -0.392 e. The summed E-state index contributed by atoms with van der Waals surface area (Å²) in [6.07, 6.45) is 4.94. The number of unbranched alkanes of at least 4 members (excludes halogenated alkanes) is 2.